The molecular formula is C21H28N6O. The number of pyridine rings is 1. The Kier molecular flexibility index (Phi) is 5.52. The average molecular weight is 380 g/mol. The molecule has 2 aliphatic heterocycles. The number of hydrogen-bond donors (Lipinski definition) is 1. The highest BCUT2D eigenvalue weighted by molar-refractivity contribution is 5.73. The van der Waals surface area contributed by atoms with Crippen LogP contribution >= 0.6 is 0 Å². The van der Waals surface area contributed by atoms with E-state index in [9.17, 15) is 4.79 Å². The van der Waals surface area contributed by atoms with Crippen molar-refractivity contribution in [2.75, 3.05) is 25.5 Å². The van der Waals surface area contributed by atoms with Crippen molar-refractivity contribution in [3.05, 3.63) is 47.2 Å². The summed E-state index contributed by atoms with van der Waals surface area (Å²) in [5.41, 5.74) is 3.38. The van der Waals surface area contributed by atoms with Gasteiger partial charge >= 0.3 is 0 Å². The van der Waals surface area contributed by atoms with Crippen LogP contribution in [0.5, 0.6) is 0 Å². The molecule has 2 aromatic heterocycles. The third-order valence-electron chi connectivity index (χ3n) is 5.81. The summed E-state index contributed by atoms with van der Waals surface area (Å²) in [6.07, 6.45) is 8.04. The summed E-state index contributed by atoms with van der Waals surface area (Å²) in [4.78, 5) is 30.1. The number of nitrogens with zero attached hydrogens (tertiary/aromatic N) is 5. The Labute approximate surface area is 166 Å². The maximum atomic E-state index is 11.7. The first kappa shape index (κ1) is 18.8. The molecule has 0 bridgehead atoms. The fourth-order valence-corrected chi connectivity index (χ4v) is 4.24. The predicted octanol–water partition coefficient (Wildman–Crippen LogP) is 2.55. The van der Waals surface area contributed by atoms with Gasteiger partial charge in [0.05, 0.1) is 11.7 Å². The van der Waals surface area contributed by atoms with Crippen LogP contribution in [0, 0.1) is 0 Å². The van der Waals surface area contributed by atoms with E-state index in [1.165, 1.54) is 18.4 Å². The maximum Gasteiger partial charge on any atom is 0.219 e. The second-order valence-electron chi connectivity index (χ2n) is 7.63. The van der Waals surface area contributed by atoms with Crippen LogP contribution in [0.25, 0.3) is 0 Å². The van der Waals surface area contributed by atoms with Crippen LogP contribution in [0.15, 0.2) is 24.5 Å². The van der Waals surface area contributed by atoms with Gasteiger partial charge < -0.3 is 10.2 Å². The van der Waals surface area contributed by atoms with E-state index >= 15 is 0 Å². The summed E-state index contributed by atoms with van der Waals surface area (Å²) in [5.74, 6) is 1.97. The van der Waals surface area contributed by atoms with Crippen LogP contribution in [0.2, 0.25) is 0 Å². The van der Waals surface area contributed by atoms with Gasteiger partial charge in [-0.2, -0.15) is 0 Å². The summed E-state index contributed by atoms with van der Waals surface area (Å²) in [7, 11) is 1.91. The van der Waals surface area contributed by atoms with Crippen LogP contribution in [0.1, 0.15) is 54.9 Å². The molecule has 0 spiro atoms. The molecule has 0 radical (unpaired) electrons. The molecule has 1 saturated heterocycles. The third-order valence-corrected chi connectivity index (χ3v) is 5.81. The van der Waals surface area contributed by atoms with E-state index in [0.29, 0.717) is 6.54 Å². The van der Waals surface area contributed by atoms with E-state index in [0.717, 1.165) is 55.4 Å². The van der Waals surface area contributed by atoms with E-state index in [1.807, 2.05) is 30.4 Å². The lowest BCUT2D eigenvalue weighted by molar-refractivity contribution is -0.129. The largest absolute Gasteiger partial charge is 0.373 e. The van der Waals surface area contributed by atoms with Gasteiger partial charge in [-0.25, -0.2) is 15.0 Å². The SMILES string of the molecule is CNc1ncccc1CN1CCCCC1c1ncc2c(n1)CCN(C(C)=O)C2. The summed E-state index contributed by atoms with van der Waals surface area (Å²) in [5, 5.41) is 3.19. The number of fused-ring (bicyclic) bond motifs is 1. The van der Waals surface area contributed by atoms with Crippen molar-refractivity contribution in [3.63, 3.8) is 0 Å². The van der Waals surface area contributed by atoms with Crippen molar-refractivity contribution in [3.8, 4) is 0 Å². The Morgan fingerprint density at radius 3 is 3.00 bits per heavy atom. The number of nitrogens with one attached hydrogen (secondary N) is 1. The Hall–Kier alpha value is -2.54. The molecule has 4 rings (SSSR count). The minimum atomic E-state index is 0.116. The Bertz CT molecular complexity index is 855. The van der Waals surface area contributed by atoms with Crippen molar-refractivity contribution < 1.29 is 4.79 Å². The summed E-state index contributed by atoms with van der Waals surface area (Å²) in [6, 6.07) is 4.36. The van der Waals surface area contributed by atoms with Gasteiger partial charge in [0.2, 0.25) is 5.91 Å². The lowest BCUT2D eigenvalue weighted by atomic mass is 9.99. The first-order valence-corrected chi connectivity index (χ1v) is 10.1. The summed E-state index contributed by atoms with van der Waals surface area (Å²) in [6.45, 7) is 4.88. The molecule has 28 heavy (non-hydrogen) atoms. The predicted molar refractivity (Wildman–Crippen MR) is 108 cm³/mol. The number of hydrogen-bond acceptors (Lipinski definition) is 6. The van der Waals surface area contributed by atoms with Gasteiger partial charge in [0, 0.05) is 63.5 Å². The lowest BCUT2D eigenvalue weighted by Crippen LogP contribution is -2.37. The normalized spacial score (nSPS) is 19.9. The number of carbonyl (C=O) groups is 1. The molecular weight excluding hydrogens is 352 g/mol. The molecule has 0 aromatic carbocycles. The first-order valence-electron chi connectivity index (χ1n) is 10.1. The Morgan fingerprint density at radius 2 is 2.18 bits per heavy atom. The van der Waals surface area contributed by atoms with Crippen LogP contribution < -0.4 is 5.32 Å². The second-order valence-corrected chi connectivity index (χ2v) is 7.63. The number of carbonyl (C=O) groups excluding carboxylic acids is 1. The topological polar surface area (TPSA) is 74.2 Å². The van der Waals surface area contributed by atoms with Gasteiger partial charge in [0.25, 0.3) is 0 Å². The van der Waals surface area contributed by atoms with E-state index in [4.69, 9.17) is 9.97 Å². The second kappa shape index (κ2) is 8.22. The molecule has 1 unspecified atom stereocenters. The van der Waals surface area contributed by atoms with Crippen molar-refractivity contribution in [2.45, 2.75) is 51.7 Å². The van der Waals surface area contributed by atoms with Crippen molar-refractivity contribution in [2.24, 2.45) is 0 Å². The summed E-state index contributed by atoms with van der Waals surface area (Å²) < 4.78 is 0. The van der Waals surface area contributed by atoms with Gasteiger partial charge in [0.15, 0.2) is 0 Å². The monoisotopic (exact) mass is 380 g/mol. The number of rotatable bonds is 4. The molecule has 7 nitrogen and oxygen atoms in total. The van der Waals surface area contributed by atoms with Gasteiger partial charge in [-0.15, -0.1) is 0 Å². The first-order chi connectivity index (χ1) is 13.7. The van der Waals surface area contributed by atoms with Crippen molar-refractivity contribution in [1.82, 2.24) is 24.8 Å². The Morgan fingerprint density at radius 1 is 1.29 bits per heavy atom. The minimum absolute atomic E-state index is 0.116. The van der Waals surface area contributed by atoms with Crippen molar-refractivity contribution >= 4 is 11.7 Å². The molecule has 1 amide bonds. The highest BCUT2D eigenvalue weighted by atomic mass is 16.2. The van der Waals surface area contributed by atoms with E-state index < -0.39 is 0 Å². The lowest BCUT2D eigenvalue weighted by Gasteiger charge is -2.35. The number of aromatic nitrogens is 3. The van der Waals surface area contributed by atoms with E-state index in [-0.39, 0.29) is 11.9 Å². The molecule has 4 heterocycles. The van der Waals surface area contributed by atoms with Gasteiger partial charge in [-0.3, -0.25) is 9.69 Å². The van der Waals surface area contributed by atoms with Crippen LogP contribution in [0.4, 0.5) is 5.82 Å². The summed E-state index contributed by atoms with van der Waals surface area (Å²) >= 11 is 0. The fourth-order valence-electron chi connectivity index (χ4n) is 4.24. The van der Waals surface area contributed by atoms with E-state index in [1.54, 1.807) is 6.92 Å². The molecule has 2 aliphatic rings. The quantitative estimate of drug-likeness (QED) is 0.879. The highest BCUT2D eigenvalue weighted by Gasteiger charge is 2.28. The van der Waals surface area contributed by atoms with E-state index in [2.05, 4.69) is 21.3 Å². The fraction of sp³-hybridized carbons (Fsp3) is 0.524. The van der Waals surface area contributed by atoms with Crippen LogP contribution in [-0.4, -0.2) is 50.8 Å². The standard InChI is InChI=1S/C21H28N6O/c1-15(28)26-11-8-18-17(14-26)12-24-21(25-18)19-7-3-4-10-27(19)13-16-6-5-9-23-20(16)22-2/h5-6,9,12,19H,3-4,7-8,10-11,13-14H2,1-2H3,(H,22,23). The molecule has 2 aromatic rings. The third kappa shape index (κ3) is 3.85. The number of piperidine rings is 1. The molecule has 0 saturated carbocycles. The molecule has 1 atom stereocenters. The van der Waals surface area contributed by atoms with Crippen LogP contribution in [-0.2, 0) is 24.3 Å². The Balaban J connectivity index is 1.56. The average Bonchev–Trinajstić information content (AvgIpc) is 2.73. The highest BCUT2D eigenvalue weighted by Crippen LogP contribution is 2.32. The number of amides is 1. The number of likely N-dealkylation sites (tertiary alicyclic amines) is 1. The molecule has 1 fully saturated rings. The van der Waals surface area contributed by atoms with Gasteiger partial charge in [-0.1, -0.05) is 12.5 Å². The molecule has 148 valence electrons. The van der Waals surface area contributed by atoms with Crippen molar-refractivity contribution in [1.29, 1.82) is 0 Å². The zero-order valence-corrected chi connectivity index (χ0v) is 16.7. The molecule has 1 N–H and O–H groups in total. The zero-order chi connectivity index (χ0) is 19.5. The van der Waals surface area contributed by atoms with Gasteiger partial charge in [-0.05, 0) is 25.5 Å². The van der Waals surface area contributed by atoms with Crippen LogP contribution in [0.3, 0.4) is 0 Å². The zero-order valence-electron chi connectivity index (χ0n) is 16.7. The molecule has 0 aliphatic carbocycles. The maximum absolute atomic E-state index is 11.7. The van der Waals surface area contributed by atoms with Gasteiger partial charge in [0.1, 0.15) is 11.6 Å². The smallest absolute Gasteiger partial charge is 0.219 e. The molecule has 7 heteroatoms. The number of anilines is 1. The minimum Gasteiger partial charge on any atom is -0.373 e.